The summed E-state index contributed by atoms with van der Waals surface area (Å²) in [7, 11) is 0. The van der Waals surface area contributed by atoms with Crippen LogP contribution >= 0.6 is 0 Å². The average Bonchev–Trinajstić information content (AvgIpc) is 2.78. The van der Waals surface area contributed by atoms with Crippen LogP contribution in [0, 0.1) is 0 Å². The van der Waals surface area contributed by atoms with E-state index in [0.717, 1.165) is 0 Å². The van der Waals surface area contributed by atoms with Gasteiger partial charge in [-0.15, -0.1) is 0 Å². The third-order valence-corrected chi connectivity index (χ3v) is 2.86. The molecule has 100 valence electrons. The van der Waals surface area contributed by atoms with Crippen LogP contribution in [0.3, 0.4) is 0 Å². The Morgan fingerprint density at radius 3 is 2.75 bits per heavy atom. The van der Waals surface area contributed by atoms with Gasteiger partial charge in [-0.25, -0.2) is 10.1 Å². The Labute approximate surface area is 112 Å². The van der Waals surface area contributed by atoms with Gasteiger partial charge >= 0.3 is 5.97 Å². The number of carboxylic acid groups (broad SMARTS) is 1. The molecule has 2 N–H and O–H groups in total. The van der Waals surface area contributed by atoms with Gasteiger partial charge in [-0.05, 0) is 18.2 Å². The van der Waals surface area contributed by atoms with Gasteiger partial charge in [-0.2, -0.15) is 5.10 Å². The number of aromatic nitrogens is 4. The molecule has 1 aromatic carbocycles. The number of nitrogens with one attached hydrogen (secondary N) is 1. The van der Waals surface area contributed by atoms with Crippen molar-refractivity contribution in [3.05, 3.63) is 46.8 Å². The fraction of sp³-hybridized carbons (Fsp3) is 0.0769. The molecule has 7 heteroatoms. The maximum absolute atomic E-state index is 11.0. The molecule has 0 saturated carbocycles. The number of hydrogen-bond donors (Lipinski definition) is 2. The highest BCUT2D eigenvalue weighted by Crippen LogP contribution is 2.22. The molecular weight excluding hydrogens is 260 g/mol. The standard InChI is InChI=1S/C13H10N4O3/c18-11-6-5-9(15-16-11)13-14-8-3-1-2-4-10(8)17(13)7-12(19)20/h1-6H,7H2,(H,16,18)(H,19,20). The number of fused-ring (bicyclic) bond motifs is 1. The number of imidazole rings is 1. The Balaban J connectivity index is 2.25. The van der Waals surface area contributed by atoms with Crippen molar-refractivity contribution in [1.82, 2.24) is 19.7 Å². The van der Waals surface area contributed by atoms with Gasteiger partial charge in [0.15, 0.2) is 5.82 Å². The molecule has 0 atom stereocenters. The Hall–Kier alpha value is -2.96. The normalized spacial score (nSPS) is 10.8. The summed E-state index contributed by atoms with van der Waals surface area (Å²) in [6, 6.07) is 10.1. The SMILES string of the molecule is O=C(O)Cn1c(-c2ccc(=O)[nH]n2)nc2ccccc21. The summed E-state index contributed by atoms with van der Waals surface area (Å²) in [5, 5.41) is 15.2. The second kappa shape index (κ2) is 4.61. The van der Waals surface area contributed by atoms with E-state index in [-0.39, 0.29) is 12.1 Å². The summed E-state index contributed by atoms with van der Waals surface area (Å²) in [5.74, 6) is -0.566. The van der Waals surface area contributed by atoms with E-state index in [9.17, 15) is 9.59 Å². The molecule has 0 amide bonds. The predicted octanol–water partition coefficient (Wildman–Crippen LogP) is 0.871. The van der Waals surface area contributed by atoms with Crippen LogP contribution in [-0.4, -0.2) is 30.8 Å². The molecule has 0 unspecified atom stereocenters. The molecule has 0 bridgehead atoms. The zero-order valence-electron chi connectivity index (χ0n) is 10.3. The molecule has 7 nitrogen and oxygen atoms in total. The van der Waals surface area contributed by atoms with Gasteiger partial charge in [0, 0.05) is 6.07 Å². The van der Waals surface area contributed by atoms with Crippen LogP contribution in [0.25, 0.3) is 22.6 Å². The zero-order valence-corrected chi connectivity index (χ0v) is 10.3. The summed E-state index contributed by atoms with van der Waals surface area (Å²) in [6.07, 6.45) is 0. The van der Waals surface area contributed by atoms with Crippen LogP contribution in [-0.2, 0) is 11.3 Å². The summed E-state index contributed by atoms with van der Waals surface area (Å²) in [4.78, 5) is 26.5. The molecule has 0 saturated heterocycles. The molecular formula is C13H10N4O3. The number of H-pyrrole nitrogens is 1. The number of benzene rings is 1. The lowest BCUT2D eigenvalue weighted by Gasteiger charge is -2.05. The van der Waals surface area contributed by atoms with Crippen molar-refractivity contribution in [3.63, 3.8) is 0 Å². The van der Waals surface area contributed by atoms with Gasteiger partial charge in [0.2, 0.25) is 0 Å². The Morgan fingerprint density at radius 2 is 2.05 bits per heavy atom. The molecule has 0 spiro atoms. The highest BCUT2D eigenvalue weighted by atomic mass is 16.4. The molecule has 3 rings (SSSR count). The van der Waals surface area contributed by atoms with E-state index in [1.807, 2.05) is 12.1 Å². The minimum absolute atomic E-state index is 0.226. The van der Waals surface area contributed by atoms with E-state index in [1.54, 1.807) is 16.7 Å². The van der Waals surface area contributed by atoms with Crippen molar-refractivity contribution in [2.24, 2.45) is 0 Å². The topological polar surface area (TPSA) is 101 Å². The number of carboxylic acids is 1. The van der Waals surface area contributed by atoms with Crippen molar-refractivity contribution in [2.75, 3.05) is 0 Å². The van der Waals surface area contributed by atoms with Crippen molar-refractivity contribution >= 4 is 17.0 Å². The van der Waals surface area contributed by atoms with Crippen LogP contribution in [0.15, 0.2) is 41.2 Å². The van der Waals surface area contributed by atoms with Gasteiger partial charge in [0.05, 0.1) is 11.0 Å². The number of para-hydroxylation sites is 2. The number of hydrogen-bond acceptors (Lipinski definition) is 4. The quantitative estimate of drug-likeness (QED) is 0.735. The van der Waals surface area contributed by atoms with Crippen LogP contribution in [0.4, 0.5) is 0 Å². The van der Waals surface area contributed by atoms with Crippen LogP contribution in [0.2, 0.25) is 0 Å². The number of aliphatic carboxylic acids is 1. The molecule has 2 aromatic heterocycles. The molecule has 0 aliphatic heterocycles. The first kappa shape index (κ1) is 12.1. The van der Waals surface area contributed by atoms with Crippen molar-refractivity contribution in [3.8, 4) is 11.5 Å². The van der Waals surface area contributed by atoms with Crippen LogP contribution < -0.4 is 5.56 Å². The van der Waals surface area contributed by atoms with E-state index in [0.29, 0.717) is 22.6 Å². The van der Waals surface area contributed by atoms with Gasteiger partial charge in [0.25, 0.3) is 5.56 Å². The summed E-state index contributed by atoms with van der Waals surface area (Å²) in [5.41, 5.74) is 1.48. The van der Waals surface area contributed by atoms with E-state index in [1.165, 1.54) is 12.1 Å². The lowest BCUT2D eigenvalue weighted by Crippen LogP contribution is -2.12. The lowest BCUT2D eigenvalue weighted by atomic mass is 10.3. The van der Waals surface area contributed by atoms with Gasteiger partial charge < -0.3 is 9.67 Å². The Kier molecular flexibility index (Phi) is 2.79. The lowest BCUT2D eigenvalue weighted by molar-refractivity contribution is -0.137. The number of aromatic amines is 1. The maximum Gasteiger partial charge on any atom is 0.323 e. The van der Waals surface area contributed by atoms with Gasteiger partial charge in [0.1, 0.15) is 12.2 Å². The van der Waals surface area contributed by atoms with Crippen molar-refractivity contribution in [2.45, 2.75) is 6.54 Å². The molecule has 20 heavy (non-hydrogen) atoms. The molecule has 2 heterocycles. The number of rotatable bonds is 3. The van der Waals surface area contributed by atoms with Crippen molar-refractivity contribution in [1.29, 1.82) is 0 Å². The smallest absolute Gasteiger partial charge is 0.323 e. The highest BCUT2D eigenvalue weighted by Gasteiger charge is 2.15. The first-order valence-corrected chi connectivity index (χ1v) is 5.88. The highest BCUT2D eigenvalue weighted by molar-refractivity contribution is 5.82. The summed E-state index contributed by atoms with van der Waals surface area (Å²) >= 11 is 0. The molecule has 0 radical (unpaired) electrons. The van der Waals surface area contributed by atoms with E-state index in [4.69, 9.17) is 5.11 Å². The van der Waals surface area contributed by atoms with Crippen LogP contribution in [0.5, 0.6) is 0 Å². The van der Waals surface area contributed by atoms with Crippen LogP contribution in [0.1, 0.15) is 0 Å². The molecule has 0 aliphatic rings. The molecule has 0 aliphatic carbocycles. The summed E-state index contributed by atoms with van der Waals surface area (Å²) in [6.45, 7) is -0.226. The predicted molar refractivity (Wildman–Crippen MR) is 71.2 cm³/mol. The minimum Gasteiger partial charge on any atom is -0.480 e. The summed E-state index contributed by atoms with van der Waals surface area (Å²) < 4.78 is 1.55. The first-order chi connectivity index (χ1) is 9.65. The van der Waals surface area contributed by atoms with Gasteiger partial charge in [-0.3, -0.25) is 9.59 Å². The van der Waals surface area contributed by atoms with E-state index in [2.05, 4.69) is 15.2 Å². The largest absolute Gasteiger partial charge is 0.480 e. The third-order valence-electron chi connectivity index (χ3n) is 2.86. The molecule has 0 fully saturated rings. The van der Waals surface area contributed by atoms with E-state index >= 15 is 0 Å². The monoisotopic (exact) mass is 270 g/mol. The second-order valence-corrected chi connectivity index (χ2v) is 4.21. The number of carbonyl (C=O) groups is 1. The maximum atomic E-state index is 11.0. The fourth-order valence-electron chi connectivity index (χ4n) is 2.04. The average molecular weight is 270 g/mol. The zero-order chi connectivity index (χ0) is 14.1. The number of nitrogens with zero attached hydrogens (tertiary/aromatic N) is 3. The van der Waals surface area contributed by atoms with E-state index < -0.39 is 5.97 Å². The molecule has 3 aromatic rings. The third kappa shape index (κ3) is 2.05. The van der Waals surface area contributed by atoms with Gasteiger partial charge in [-0.1, -0.05) is 12.1 Å². The van der Waals surface area contributed by atoms with Crippen molar-refractivity contribution < 1.29 is 9.90 Å². The Morgan fingerprint density at radius 1 is 1.25 bits per heavy atom. The second-order valence-electron chi connectivity index (χ2n) is 4.21. The first-order valence-electron chi connectivity index (χ1n) is 5.88. The minimum atomic E-state index is -0.973. The fourth-order valence-corrected chi connectivity index (χ4v) is 2.04. The Bertz CT molecular complexity index is 830.